The van der Waals surface area contributed by atoms with Crippen LogP contribution in [-0.2, 0) is 0 Å². The summed E-state index contributed by atoms with van der Waals surface area (Å²) < 4.78 is 5.57. The van der Waals surface area contributed by atoms with E-state index >= 15 is 0 Å². The second-order valence-corrected chi connectivity index (χ2v) is 5.91. The van der Waals surface area contributed by atoms with Crippen molar-refractivity contribution in [2.45, 2.75) is 6.92 Å². The molecule has 0 bridgehead atoms. The molecule has 0 spiro atoms. The molecular weight excluding hydrogens is 380 g/mol. The van der Waals surface area contributed by atoms with Crippen molar-refractivity contribution in [3.8, 4) is 11.3 Å². The van der Waals surface area contributed by atoms with Gasteiger partial charge in [-0.3, -0.25) is 25.0 Å². The van der Waals surface area contributed by atoms with Gasteiger partial charge in [-0.1, -0.05) is 6.07 Å². The van der Waals surface area contributed by atoms with Gasteiger partial charge in [0.1, 0.15) is 11.5 Å². The highest BCUT2D eigenvalue weighted by Gasteiger charge is 2.17. The summed E-state index contributed by atoms with van der Waals surface area (Å²) in [6, 6.07) is 13.3. The lowest BCUT2D eigenvalue weighted by molar-refractivity contribution is -0.385. The smallest absolute Gasteiger partial charge is 0.273 e. The van der Waals surface area contributed by atoms with E-state index in [0.29, 0.717) is 17.1 Å². The average Bonchev–Trinajstić information content (AvgIpc) is 3.16. The Kier molecular flexibility index (Phi) is 5.44. The number of nitro benzene ring substituents is 2. The molecule has 29 heavy (non-hydrogen) atoms. The van der Waals surface area contributed by atoms with Crippen LogP contribution in [0, 0.1) is 27.2 Å². The number of hydrogen-bond acceptors (Lipinski definition) is 7. The van der Waals surface area contributed by atoms with Crippen LogP contribution in [0.25, 0.3) is 11.3 Å². The molecule has 0 saturated carbocycles. The molecule has 0 aliphatic rings. The predicted octanol–water partition coefficient (Wildman–Crippen LogP) is 3.84. The van der Waals surface area contributed by atoms with Gasteiger partial charge in [0.2, 0.25) is 0 Å². The molecule has 1 amide bonds. The van der Waals surface area contributed by atoms with E-state index in [4.69, 9.17) is 4.42 Å². The molecule has 0 aliphatic heterocycles. The highest BCUT2D eigenvalue weighted by atomic mass is 16.6. The van der Waals surface area contributed by atoms with Crippen molar-refractivity contribution < 1.29 is 19.1 Å². The van der Waals surface area contributed by atoms with Gasteiger partial charge in [0.25, 0.3) is 17.3 Å². The molecular formula is C19H14N4O6. The van der Waals surface area contributed by atoms with Crippen molar-refractivity contribution >= 4 is 23.5 Å². The van der Waals surface area contributed by atoms with Crippen LogP contribution in [0.4, 0.5) is 11.4 Å². The number of nitrogens with one attached hydrogen (secondary N) is 1. The number of carbonyl (C=O) groups is 1. The largest absolute Gasteiger partial charge is 0.455 e. The summed E-state index contributed by atoms with van der Waals surface area (Å²) in [5.74, 6) is 0.223. The average molecular weight is 394 g/mol. The molecule has 3 rings (SSSR count). The Balaban J connectivity index is 1.69. The van der Waals surface area contributed by atoms with Crippen LogP contribution in [0.5, 0.6) is 0 Å². The number of nitrogens with zero attached hydrogens (tertiary/aromatic N) is 3. The van der Waals surface area contributed by atoms with Crippen LogP contribution in [0.2, 0.25) is 0 Å². The second kappa shape index (κ2) is 8.13. The Morgan fingerprint density at radius 2 is 1.76 bits per heavy atom. The van der Waals surface area contributed by atoms with Gasteiger partial charge in [0, 0.05) is 29.3 Å². The van der Waals surface area contributed by atoms with Crippen molar-refractivity contribution in [3.05, 3.63) is 91.7 Å². The fourth-order valence-electron chi connectivity index (χ4n) is 2.61. The first-order valence-electron chi connectivity index (χ1n) is 8.29. The molecule has 2 aromatic carbocycles. The Hall–Kier alpha value is -4.34. The maximum Gasteiger partial charge on any atom is 0.273 e. The second-order valence-electron chi connectivity index (χ2n) is 5.91. The first kappa shape index (κ1) is 19.4. The van der Waals surface area contributed by atoms with E-state index in [9.17, 15) is 25.0 Å². The van der Waals surface area contributed by atoms with Gasteiger partial charge in [-0.05, 0) is 37.3 Å². The molecule has 0 unspecified atom stereocenters. The number of carbonyl (C=O) groups excluding carboxylic acids is 1. The summed E-state index contributed by atoms with van der Waals surface area (Å²) >= 11 is 0. The van der Waals surface area contributed by atoms with Gasteiger partial charge in [-0.15, -0.1) is 0 Å². The lowest BCUT2D eigenvalue weighted by atomic mass is 10.1. The quantitative estimate of drug-likeness (QED) is 0.382. The van der Waals surface area contributed by atoms with Crippen molar-refractivity contribution in [1.29, 1.82) is 0 Å². The van der Waals surface area contributed by atoms with Gasteiger partial charge >= 0.3 is 0 Å². The monoisotopic (exact) mass is 394 g/mol. The minimum absolute atomic E-state index is 0.0266. The van der Waals surface area contributed by atoms with Crippen LogP contribution in [0.1, 0.15) is 21.7 Å². The molecule has 0 radical (unpaired) electrons. The highest BCUT2D eigenvalue weighted by Crippen LogP contribution is 2.24. The molecule has 10 heteroatoms. The van der Waals surface area contributed by atoms with Gasteiger partial charge < -0.3 is 4.42 Å². The molecule has 1 heterocycles. The lowest BCUT2D eigenvalue weighted by Crippen LogP contribution is -2.19. The molecule has 1 aromatic heterocycles. The molecule has 1 N–H and O–H groups in total. The number of furan rings is 1. The van der Waals surface area contributed by atoms with Gasteiger partial charge in [0.05, 0.1) is 21.6 Å². The zero-order valence-electron chi connectivity index (χ0n) is 15.1. The molecule has 0 saturated heterocycles. The minimum Gasteiger partial charge on any atom is -0.455 e. The van der Waals surface area contributed by atoms with Crippen molar-refractivity contribution in [2.24, 2.45) is 5.10 Å². The van der Waals surface area contributed by atoms with Crippen molar-refractivity contribution in [1.82, 2.24) is 5.43 Å². The standard InChI is InChI=1S/C19H14N4O6/c1-12-16(3-2-4-17(12)23(27)28)19(24)21-20-11-15-9-10-18(29-15)13-5-7-14(8-6-13)22(25)26/h2-11H,1H3,(H,21,24)/b20-11-. The van der Waals surface area contributed by atoms with Crippen molar-refractivity contribution in [3.63, 3.8) is 0 Å². The third-order valence-electron chi connectivity index (χ3n) is 4.09. The number of benzene rings is 2. The SMILES string of the molecule is Cc1c(C(=O)N/N=C\c2ccc(-c3ccc([N+](=O)[O-])cc3)o2)cccc1[N+](=O)[O-]. The first-order chi connectivity index (χ1) is 13.9. The van der Waals surface area contributed by atoms with Crippen LogP contribution < -0.4 is 5.43 Å². The third-order valence-corrected chi connectivity index (χ3v) is 4.09. The summed E-state index contributed by atoms with van der Waals surface area (Å²) in [5, 5.41) is 25.5. The Morgan fingerprint density at radius 3 is 2.41 bits per heavy atom. The van der Waals surface area contributed by atoms with Crippen LogP contribution in [0.3, 0.4) is 0 Å². The van der Waals surface area contributed by atoms with Gasteiger partial charge in [0.15, 0.2) is 0 Å². The van der Waals surface area contributed by atoms with E-state index < -0.39 is 15.8 Å². The summed E-state index contributed by atoms with van der Waals surface area (Å²) in [6.07, 6.45) is 1.28. The van der Waals surface area contributed by atoms with Crippen LogP contribution >= 0.6 is 0 Å². The molecule has 10 nitrogen and oxygen atoms in total. The van der Waals surface area contributed by atoms with E-state index in [1.807, 2.05) is 0 Å². The zero-order chi connectivity index (χ0) is 21.0. The highest BCUT2D eigenvalue weighted by molar-refractivity contribution is 5.97. The van der Waals surface area contributed by atoms with Crippen molar-refractivity contribution in [2.75, 3.05) is 0 Å². The number of nitro groups is 2. The van der Waals surface area contributed by atoms with Gasteiger partial charge in [-0.2, -0.15) is 5.10 Å². The fraction of sp³-hybridized carbons (Fsp3) is 0.0526. The first-order valence-corrected chi connectivity index (χ1v) is 8.29. The van der Waals surface area contributed by atoms with E-state index in [2.05, 4.69) is 10.5 Å². The Morgan fingerprint density at radius 1 is 1.03 bits per heavy atom. The number of hydrogen-bond donors (Lipinski definition) is 1. The molecule has 146 valence electrons. The maximum atomic E-state index is 12.2. The zero-order valence-corrected chi connectivity index (χ0v) is 15.1. The molecule has 3 aromatic rings. The van der Waals surface area contributed by atoms with Crippen LogP contribution in [-0.4, -0.2) is 22.0 Å². The minimum atomic E-state index is -0.593. The number of rotatable bonds is 6. The van der Waals surface area contributed by atoms with E-state index in [-0.39, 0.29) is 22.5 Å². The summed E-state index contributed by atoms with van der Waals surface area (Å²) in [7, 11) is 0. The van der Waals surface area contributed by atoms with E-state index in [1.54, 1.807) is 24.3 Å². The summed E-state index contributed by atoms with van der Waals surface area (Å²) in [5.41, 5.74) is 3.14. The number of amides is 1. The Bertz CT molecular complexity index is 1120. The lowest BCUT2D eigenvalue weighted by Gasteiger charge is -2.04. The molecule has 0 atom stereocenters. The summed E-state index contributed by atoms with van der Waals surface area (Å²) in [4.78, 5) is 32.8. The topological polar surface area (TPSA) is 141 Å². The van der Waals surface area contributed by atoms with Gasteiger partial charge in [-0.25, -0.2) is 5.43 Å². The number of hydrazone groups is 1. The summed E-state index contributed by atoms with van der Waals surface area (Å²) in [6.45, 7) is 1.49. The normalized spacial score (nSPS) is 10.8. The van der Waals surface area contributed by atoms with Crippen LogP contribution in [0.15, 0.2) is 64.1 Å². The maximum absolute atomic E-state index is 12.2. The van der Waals surface area contributed by atoms with E-state index in [1.165, 1.54) is 43.5 Å². The molecule has 0 aliphatic carbocycles. The fourth-order valence-corrected chi connectivity index (χ4v) is 2.61. The third kappa shape index (κ3) is 4.33. The number of non-ortho nitro benzene ring substituents is 1. The predicted molar refractivity (Wildman–Crippen MR) is 104 cm³/mol. The Labute approximate surface area is 163 Å². The molecule has 0 fully saturated rings. The van der Waals surface area contributed by atoms with E-state index in [0.717, 1.165) is 0 Å².